The van der Waals surface area contributed by atoms with E-state index < -0.39 is 10.0 Å². The van der Waals surface area contributed by atoms with E-state index >= 15 is 0 Å². The van der Waals surface area contributed by atoms with Crippen molar-refractivity contribution in [3.05, 3.63) is 58.7 Å². The number of hydrogen-bond donors (Lipinski definition) is 2. The first kappa shape index (κ1) is 23.3. The van der Waals surface area contributed by atoms with Crippen LogP contribution in [0.25, 0.3) is 0 Å². The van der Waals surface area contributed by atoms with Gasteiger partial charge in [0.15, 0.2) is 0 Å². The van der Waals surface area contributed by atoms with Gasteiger partial charge in [-0.25, -0.2) is 13.1 Å². The van der Waals surface area contributed by atoms with Crippen LogP contribution in [0.15, 0.2) is 41.3 Å². The summed E-state index contributed by atoms with van der Waals surface area (Å²) >= 11 is 0. The van der Waals surface area contributed by atoms with Crippen molar-refractivity contribution in [2.24, 2.45) is 0 Å². The lowest BCUT2D eigenvalue weighted by molar-refractivity contribution is 0.0940. The summed E-state index contributed by atoms with van der Waals surface area (Å²) in [6.07, 6.45) is 5.13. The quantitative estimate of drug-likeness (QED) is 0.641. The predicted octanol–water partition coefficient (Wildman–Crippen LogP) is 4.14. The monoisotopic (exact) mass is 444 g/mol. The molecule has 1 atom stereocenters. The summed E-state index contributed by atoms with van der Waals surface area (Å²) in [5, 5.41) is 2.79. The van der Waals surface area contributed by atoms with Crippen LogP contribution in [0.3, 0.4) is 0 Å². The minimum Gasteiger partial charge on any atom is -0.496 e. The molecule has 6 nitrogen and oxygen atoms in total. The molecule has 0 radical (unpaired) electrons. The first-order valence-electron chi connectivity index (χ1n) is 10.9. The molecular weight excluding hydrogens is 412 g/mol. The van der Waals surface area contributed by atoms with Crippen molar-refractivity contribution in [1.29, 1.82) is 0 Å². The second-order valence-electron chi connectivity index (χ2n) is 8.31. The number of amides is 1. The lowest BCUT2D eigenvalue weighted by Crippen LogP contribution is -2.31. The normalized spacial score (nSPS) is 14.7. The zero-order chi connectivity index (χ0) is 22.6. The highest BCUT2D eigenvalue weighted by Crippen LogP contribution is 2.28. The SMILES string of the molecule is CC[C@@H](NS(=O)(=O)c1ccc(OC)c(C(=O)NC(C)C)c1)c1ccc2c(c1)CCCC2. The maximum atomic E-state index is 13.2. The minimum atomic E-state index is -3.84. The molecule has 7 heteroatoms. The van der Waals surface area contributed by atoms with Gasteiger partial charge in [-0.15, -0.1) is 0 Å². The number of aryl methyl sites for hydroxylation is 2. The Morgan fingerprint density at radius 3 is 2.42 bits per heavy atom. The molecule has 0 bridgehead atoms. The number of ether oxygens (including phenoxy) is 1. The molecule has 0 aliphatic heterocycles. The molecule has 168 valence electrons. The third-order valence-corrected chi connectivity index (χ3v) is 7.10. The number of carbonyl (C=O) groups is 1. The smallest absolute Gasteiger partial charge is 0.255 e. The van der Waals surface area contributed by atoms with Crippen molar-refractivity contribution in [3.8, 4) is 5.75 Å². The number of carbonyl (C=O) groups excluding carboxylic acids is 1. The average molecular weight is 445 g/mol. The fourth-order valence-electron chi connectivity index (χ4n) is 3.98. The largest absolute Gasteiger partial charge is 0.496 e. The first-order chi connectivity index (χ1) is 14.7. The van der Waals surface area contributed by atoms with Crippen LogP contribution in [0.2, 0.25) is 0 Å². The van der Waals surface area contributed by atoms with E-state index in [1.54, 1.807) is 0 Å². The van der Waals surface area contributed by atoms with E-state index in [0.717, 1.165) is 18.4 Å². The van der Waals surface area contributed by atoms with E-state index in [1.165, 1.54) is 49.3 Å². The third kappa shape index (κ3) is 5.46. The van der Waals surface area contributed by atoms with Crippen molar-refractivity contribution in [2.45, 2.75) is 69.9 Å². The number of sulfonamides is 1. The number of hydrogen-bond acceptors (Lipinski definition) is 4. The second kappa shape index (κ2) is 9.83. The zero-order valence-electron chi connectivity index (χ0n) is 18.7. The highest BCUT2D eigenvalue weighted by Gasteiger charge is 2.24. The molecule has 0 saturated carbocycles. The van der Waals surface area contributed by atoms with E-state index in [0.29, 0.717) is 12.2 Å². The predicted molar refractivity (Wildman–Crippen MR) is 122 cm³/mol. The minimum absolute atomic E-state index is 0.0404. The Kier molecular flexibility index (Phi) is 7.38. The van der Waals surface area contributed by atoms with Gasteiger partial charge in [0.25, 0.3) is 5.91 Å². The lowest BCUT2D eigenvalue weighted by Gasteiger charge is -2.22. The summed E-state index contributed by atoms with van der Waals surface area (Å²) in [5.74, 6) is -0.0375. The molecule has 2 aromatic rings. The fraction of sp³-hybridized carbons (Fsp3) is 0.458. The van der Waals surface area contributed by atoms with Crippen LogP contribution < -0.4 is 14.8 Å². The summed E-state index contributed by atoms with van der Waals surface area (Å²) in [7, 11) is -2.38. The molecule has 3 rings (SSSR count). The molecule has 2 aromatic carbocycles. The Bertz CT molecular complexity index is 1050. The summed E-state index contributed by atoms with van der Waals surface area (Å²) in [5.41, 5.74) is 3.85. The van der Waals surface area contributed by atoms with E-state index in [9.17, 15) is 13.2 Å². The van der Waals surface area contributed by atoms with Gasteiger partial charge in [-0.2, -0.15) is 0 Å². The molecule has 0 fully saturated rings. The molecule has 31 heavy (non-hydrogen) atoms. The molecule has 0 aromatic heterocycles. The summed E-state index contributed by atoms with van der Waals surface area (Å²) in [6.45, 7) is 5.65. The van der Waals surface area contributed by atoms with Gasteiger partial charge in [0.1, 0.15) is 5.75 Å². The topological polar surface area (TPSA) is 84.5 Å². The number of nitrogens with one attached hydrogen (secondary N) is 2. The van der Waals surface area contributed by atoms with Gasteiger partial charge < -0.3 is 10.1 Å². The van der Waals surface area contributed by atoms with E-state index in [2.05, 4.69) is 22.2 Å². The van der Waals surface area contributed by atoms with Gasteiger partial charge in [0.05, 0.1) is 17.6 Å². The third-order valence-electron chi connectivity index (χ3n) is 5.63. The van der Waals surface area contributed by atoms with Crippen LogP contribution in [-0.2, 0) is 22.9 Å². The molecule has 1 aliphatic rings. The Morgan fingerprint density at radius 1 is 1.06 bits per heavy atom. The second-order valence-corrected chi connectivity index (χ2v) is 10.0. The fourth-order valence-corrected chi connectivity index (χ4v) is 5.32. The zero-order valence-corrected chi connectivity index (χ0v) is 19.5. The Hall–Kier alpha value is -2.38. The molecule has 0 unspecified atom stereocenters. The van der Waals surface area contributed by atoms with Crippen LogP contribution in [0.5, 0.6) is 5.75 Å². The molecule has 0 saturated heterocycles. The van der Waals surface area contributed by atoms with Crippen LogP contribution in [-0.4, -0.2) is 27.5 Å². The van der Waals surface area contributed by atoms with E-state index in [1.807, 2.05) is 26.8 Å². The van der Waals surface area contributed by atoms with Crippen molar-refractivity contribution in [3.63, 3.8) is 0 Å². The molecule has 0 spiro atoms. The van der Waals surface area contributed by atoms with Crippen LogP contribution in [0.1, 0.15) is 73.1 Å². The maximum absolute atomic E-state index is 13.2. The van der Waals surface area contributed by atoms with Crippen molar-refractivity contribution < 1.29 is 17.9 Å². The highest BCUT2D eigenvalue weighted by molar-refractivity contribution is 7.89. The molecule has 0 heterocycles. The van der Waals surface area contributed by atoms with E-state index in [-0.39, 0.29) is 28.4 Å². The summed E-state index contributed by atoms with van der Waals surface area (Å²) in [6, 6.07) is 10.2. The van der Waals surface area contributed by atoms with Crippen LogP contribution in [0.4, 0.5) is 0 Å². The van der Waals surface area contributed by atoms with Crippen molar-refractivity contribution >= 4 is 15.9 Å². The number of benzene rings is 2. The average Bonchev–Trinajstić information content (AvgIpc) is 2.76. The van der Waals surface area contributed by atoms with Gasteiger partial charge >= 0.3 is 0 Å². The van der Waals surface area contributed by atoms with E-state index in [4.69, 9.17) is 4.74 Å². The number of fused-ring (bicyclic) bond motifs is 1. The van der Waals surface area contributed by atoms with Crippen molar-refractivity contribution in [2.75, 3.05) is 7.11 Å². The Labute approximate surface area is 185 Å². The maximum Gasteiger partial charge on any atom is 0.255 e. The van der Waals surface area contributed by atoms with Crippen LogP contribution >= 0.6 is 0 Å². The van der Waals surface area contributed by atoms with Gasteiger partial charge in [-0.05, 0) is 80.8 Å². The summed E-state index contributed by atoms with van der Waals surface area (Å²) < 4.78 is 34.4. The van der Waals surface area contributed by atoms with Crippen LogP contribution in [0, 0.1) is 0 Å². The summed E-state index contributed by atoms with van der Waals surface area (Å²) in [4.78, 5) is 12.6. The molecule has 1 aliphatic carbocycles. The van der Waals surface area contributed by atoms with Gasteiger partial charge in [-0.3, -0.25) is 4.79 Å². The first-order valence-corrected chi connectivity index (χ1v) is 12.4. The number of methoxy groups -OCH3 is 1. The highest BCUT2D eigenvalue weighted by atomic mass is 32.2. The Balaban J connectivity index is 1.89. The van der Waals surface area contributed by atoms with Crippen molar-refractivity contribution in [1.82, 2.24) is 10.0 Å². The number of rotatable bonds is 8. The molecule has 2 N–H and O–H groups in total. The van der Waals surface area contributed by atoms with Gasteiger partial charge in [-0.1, -0.05) is 25.1 Å². The molecular formula is C24H32N2O4S. The Morgan fingerprint density at radius 2 is 1.77 bits per heavy atom. The van der Waals surface area contributed by atoms with Gasteiger partial charge in [0.2, 0.25) is 10.0 Å². The lowest BCUT2D eigenvalue weighted by atomic mass is 9.89. The molecule has 1 amide bonds. The van der Waals surface area contributed by atoms with Gasteiger partial charge in [0, 0.05) is 12.1 Å². The standard InChI is InChI=1S/C24H32N2O4S/c1-5-22(19-11-10-17-8-6-7-9-18(17)14-19)26-31(28,29)20-12-13-23(30-4)21(15-20)24(27)25-16(2)3/h10-16,22,26H,5-9H2,1-4H3,(H,25,27)/t22-/m1/s1.